The third-order valence-corrected chi connectivity index (χ3v) is 5.49. The van der Waals surface area contributed by atoms with E-state index >= 15 is 0 Å². The summed E-state index contributed by atoms with van der Waals surface area (Å²) in [5.74, 6) is -3.13. The summed E-state index contributed by atoms with van der Waals surface area (Å²) in [6.07, 6.45) is 1.16. The van der Waals surface area contributed by atoms with Crippen molar-refractivity contribution in [2.75, 3.05) is 26.6 Å². The average Bonchev–Trinajstić information content (AvgIpc) is 3.16. The van der Waals surface area contributed by atoms with Crippen LogP contribution in [0.2, 0.25) is 0 Å². The van der Waals surface area contributed by atoms with Crippen molar-refractivity contribution in [3.8, 4) is 22.9 Å². The highest BCUT2D eigenvalue weighted by Gasteiger charge is 2.37. The maximum Gasteiger partial charge on any atom is 0.339 e. The lowest BCUT2D eigenvalue weighted by atomic mass is 9.87. The lowest BCUT2D eigenvalue weighted by Crippen LogP contribution is -2.26. The Morgan fingerprint density at radius 3 is 2.30 bits per heavy atom. The minimum atomic E-state index is -1.30. The standard InChI is InChI=1S/C23H20F2N2O6/c1-31-17-5-4-14(21(32-2)22(17)33-3)15-9-18(28)26-19-16(23(29)30)10-27(20(15)19)13-7-11(24)6-12(25)8-13/h4-8,10,15H,9H2,1-3H3,(H,26,28)(H,29,30). The van der Waals surface area contributed by atoms with Crippen LogP contribution in [-0.4, -0.2) is 42.9 Å². The molecule has 172 valence electrons. The van der Waals surface area contributed by atoms with Gasteiger partial charge in [0, 0.05) is 30.2 Å². The quantitative estimate of drug-likeness (QED) is 0.580. The van der Waals surface area contributed by atoms with Gasteiger partial charge < -0.3 is 29.2 Å². The number of halogens is 2. The highest BCUT2D eigenvalue weighted by Crippen LogP contribution is 2.49. The molecule has 0 spiro atoms. The second kappa shape index (κ2) is 8.45. The van der Waals surface area contributed by atoms with Gasteiger partial charge in [-0.3, -0.25) is 4.79 Å². The van der Waals surface area contributed by atoms with Gasteiger partial charge in [0.05, 0.1) is 38.4 Å². The van der Waals surface area contributed by atoms with Crippen molar-refractivity contribution < 1.29 is 37.7 Å². The van der Waals surface area contributed by atoms with Gasteiger partial charge in [-0.1, -0.05) is 6.07 Å². The molecular formula is C23H20F2N2O6. The van der Waals surface area contributed by atoms with E-state index in [4.69, 9.17) is 14.2 Å². The van der Waals surface area contributed by atoms with Crippen LogP contribution in [0, 0.1) is 11.6 Å². The van der Waals surface area contributed by atoms with Crippen molar-refractivity contribution in [1.29, 1.82) is 0 Å². The molecule has 3 aromatic rings. The summed E-state index contributed by atoms with van der Waals surface area (Å²) in [7, 11) is 4.32. The van der Waals surface area contributed by atoms with E-state index in [1.54, 1.807) is 12.1 Å². The number of carboxylic acid groups (broad SMARTS) is 1. The number of ether oxygens (including phenoxy) is 3. The Bertz CT molecular complexity index is 1250. The predicted octanol–water partition coefficient (Wildman–Crippen LogP) is 3.95. The molecule has 1 atom stereocenters. The number of methoxy groups -OCH3 is 3. The fraction of sp³-hybridized carbons (Fsp3) is 0.217. The first kappa shape index (κ1) is 22.1. The largest absolute Gasteiger partial charge is 0.493 e. The number of anilines is 1. The fourth-order valence-electron chi connectivity index (χ4n) is 4.18. The molecule has 4 rings (SSSR count). The van der Waals surface area contributed by atoms with Gasteiger partial charge in [0.15, 0.2) is 11.5 Å². The summed E-state index contributed by atoms with van der Waals surface area (Å²) in [6.45, 7) is 0. The Balaban J connectivity index is 2.03. The summed E-state index contributed by atoms with van der Waals surface area (Å²) < 4.78 is 45.7. The minimum absolute atomic E-state index is 0.0465. The zero-order valence-electron chi connectivity index (χ0n) is 17.9. The Kier molecular flexibility index (Phi) is 5.67. The number of aromatic nitrogens is 1. The van der Waals surface area contributed by atoms with Crippen molar-refractivity contribution in [3.63, 3.8) is 0 Å². The number of nitrogens with zero attached hydrogens (tertiary/aromatic N) is 1. The highest BCUT2D eigenvalue weighted by molar-refractivity contribution is 6.04. The van der Waals surface area contributed by atoms with Gasteiger partial charge >= 0.3 is 5.97 Å². The summed E-state index contributed by atoms with van der Waals surface area (Å²) in [6, 6.07) is 6.18. The van der Waals surface area contributed by atoms with Crippen molar-refractivity contribution in [3.05, 3.63) is 65.0 Å². The predicted molar refractivity (Wildman–Crippen MR) is 114 cm³/mol. The van der Waals surface area contributed by atoms with E-state index in [0.717, 1.165) is 12.1 Å². The van der Waals surface area contributed by atoms with Gasteiger partial charge in [-0.05, 0) is 18.2 Å². The van der Waals surface area contributed by atoms with Crippen LogP contribution >= 0.6 is 0 Å². The van der Waals surface area contributed by atoms with Gasteiger partial charge in [0.1, 0.15) is 17.2 Å². The topological polar surface area (TPSA) is 99.0 Å². The van der Waals surface area contributed by atoms with Gasteiger partial charge in [0.25, 0.3) is 0 Å². The first-order valence-corrected chi connectivity index (χ1v) is 9.82. The first-order valence-electron chi connectivity index (χ1n) is 9.82. The normalized spacial score (nSPS) is 14.9. The molecule has 1 unspecified atom stereocenters. The van der Waals surface area contributed by atoms with Crippen LogP contribution in [-0.2, 0) is 4.79 Å². The number of carbonyl (C=O) groups excluding carboxylic acids is 1. The van der Waals surface area contributed by atoms with Crippen LogP contribution in [0.1, 0.15) is 34.0 Å². The van der Waals surface area contributed by atoms with Crippen LogP contribution in [0.4, 0.5) is 14.5 Å². The molecule has 0 saturated carbocycles. The number of amides is 1. The molecule has 0 aliphatic carbocycles. The molecule has 33 heavy (non-hydrogen) atoms. The molecule has 0 radical (unpaired) electrons. The smallest absolute Gasteiger partial charge is 0.339 e. The van der Waals surface area contributed by atoms with Crippen molar-refractivity contribution in [2.45, 2.75) is 12.3 Å². The molecule has 2 aromatic carbocycles. The van der Waals surface area contributed by atoms with Crippen LogP contribution < -0.4 is 19.5 Å². The number of fused-ring (bicyclic) bond motifs is 1. The van der Waals surface area contributed by atoms with Gasteiger partial charge in [0.2, 0.25) is 11.7 Å². The molecule has 0 bridgehead atoms. The zero-order chi connectivity index (χ0) is 23.9. The zero-order valence-corrected chi connectivity index (χ0v) is 17.9. The third kappa shape index (κ3) is 3.73. The number of hydrogen-bond donors (Lipinski definition) is 2. The summed E-state index contributed by atoms with van der Waals surface area (Å²) in [5, 5.41) is 12.3. The number of benzene rings is 2. The van der Waals surface area contributed by atoms with Gasteiger partial charge in [-0.2, -0.15) is 0 Å². The minimum Gasteiger partial charge on any atom is -0.493 e. The lowest BCUT2D eigenvalue weighted by Gasteiger charge is -2.28. The van der Waals surface area contributed by atoms with Crippen LogP contribution in [0.5, 0.6) is 17.2 Å². The fourth-order valence-corrected chi connectivity index (χ4v) is 4.18. The second-order valence-electron chi connectivity index (χ2n) is 7.33. The van der Waals surface area contributed by atoms with E-state index in [0.29, 0.717) is 28.8 Å². The molecule has 1 aliphatic heterocycles. The molecule has 0 fully saturated rings. The summed E-state index contributed by atoms with van der Waals surface area (Å²) in [5.41, 5.74) is 0.746. The SMILES string of the molecule is COc1ccc(C2CC(=O)Nc3c(C(=O)O)cn(-c4cc(F)cc(F)c4)c32)c(OC)c1OC. The van der Waals surface area contributed by atoms with E-state index < -0.39 is 29.4 Å². The number of rotatable bonds is 6. The highest BCUT2D eigenvalue weighted by atomic mass is 19.1. The Hall–Kier alpha value is -4.08. The van der Waals surface area contributed by atoms with Gasteiger partial charge in [-0.25, -0.2) is 13.6 Å². The molecular weight excluding hydrogens is 438 g/mol. The monoisotopic (exact) mass is 458 g/mol. The Morgan fingerprint density at radius 2 is 1.73 bits per heavy atom. The van der Waals surface area contributed by atoms with Crippen molar-refractivity contribution in [1.82, 2.24) is 4.57 Å². The maximum atomic E-state index is 14.0. The molecule has 2 N–H and O–H groups in total. The van der Waals surface area contributed by atoms with Crippen molar-refractivity contribution in [2.24, 2.45) is 0 Å². The number of hydrogen-bond acceptors (Lipinski definition) is 5. The molecule has 1 amide bonds. The maximum absolute atomic E-state index is 14.0. The number of carboxylic acids is 1. The number of nitrogens with one attached hydrogen (secondary N) is 1. The average molecular weight is 458 g/mol. The lowest BCUT2D eigenvalue weighted by molar-refractivity contribution is -0.116. The van der Waals surface area contributed by atoms with Crippen LogP contribution in [0.25, 0.3) is 5.69 Å². The molecule has 0 saturated heterocycles. The van der Waals surface area contributed by atoms with E-state index in [9.17, 15) is 23.5 Å². The molecule has 8 nitrogen and oxygen atoms in total. The Labute approximate surface area is 187 Å². The molecule has 1 aliphatic rings. The van der Waals surface area contributed by atoms with E-state index in [-0.39, 0.29) is 29.1 Å². The van der Waals surface area contributed by atoms with Crippen LogP contribution in [0.3, 0.4) is 0 Å². The van der Waals surface area contributed by atoms with Gasteiger partial charge in [-0.15, -0.1) is 0 Å². The number of carbonyl (C=O) groups is 2. The van der Waals surface area contributed by atoms with E-state index in [2.05, 4.69) is 5.32 Å². The van der Waals surface area contributed by atoms with Crippen LogP contribution in [0.15, 0.2) is 36.5 Å². The van der Waals surface area contributed by atoms with Crippen molar-refractivity contribution >= 4 is 17.6 Å². The summed E-state index contributed by atoms with van der Waals surface area (Å²) >= 11 is 0. The molecule has 2 heterocycles. The molecule has 1 aromatic heterocycles. The summed E-state index contributed by atoms with van der Waals surface area (Å²) in [4.78, 5) is 24.5. The first-order chi connectivity index (χ1) is 15.8. The molecule has 10 heteroatoms. The van der Waals surface area contributed by atoms with E-state index in [1.165, 1.54) is 32.1 Å². The Morgan fingerprint density at radius 1 is 1.06 bits per heavy atom. The van der Waals surface area contributed by atoms with E-state index in [1.807, 2.05) is 0 Å². The number of aromatic carboxylic acids is 1. The third-order valence-electron chi connectivity index (χ3n) is 5.49. The second-order valence-corrected chi connectivity index (χ2v) is 7.33.